The average molecular weight is 375 g/mol. The van der Waals surface area contributed by atoms with E-state index in [0.29, 0.717) is 40.0 Å². The van der Waals surface area contributed by atoms with Crippen molar-refractivity contribution in [3.8, 4) is 5.95 Å². The highest BCUT2D eigenvalue weighted by molar-refractivity contribution is 5.92. The lowest BCUT2D eigenvalue weighted by atomic mass is 10.2. The number of aromatic nitrogens is 7. The lowest BCUT2D eigenvalue weighted by molar-refractivity contribution is 0.640. The zero-order valence-electron chi connectivity index (χ0n) is 14.7. The second-order valence-electron chi connectivity index (χ2n) is 6.16. The summed E-state index contributed by atoms with van der Waals surface area (Å²) in [7, 11) is 0. The Morgan fingerprint density at radius 2 is 1.89 bits per heavy atom. The monoisotopic (exact) mass is 375 g/mol. The number of hydrogen-bond acceptors (Lipinski definition) is 7. The Bertz CT molecular complexity index is 1320. The van der Waals surface area contributed by atoms with Gasteiger partial charge in [-0.15, -0.1) is 0 Å². The molecule has 10 heteroatoms. The van der Waals surface area contributed by atoms with Gasteiger partial charge >= 0.3 is 0 Å². The quantitative estimate of drug-likeness (QED) is 0.443. The molecule has 0 fully saturated rings. The fourth-order valence-electron chi connectivity index (χ4n) is 3.13. The van der Waals surface area contributed by atoms with Crippen molar-refractivity contribution in [1.29, 1.82) is 0 Å². The largest absolute Gasteiger partial charge is 0.368 e. The Hall–Kier alpha value is -4.08. The average Bonchev–Trinajstić information content (AvgIpc) is 3.23. The summed E-state index contributed by atoms with van der Waals surface area (Å²) in [6, 6.07) is 12.2. The van der Waals surface area contributed by atoms with E-state index in [1.165, 1.54) is 6.07 Å². The molecule has 0 aliphatic carbocycles. The zero-order valence-corrected chi connectivity index (χ0v) is 14.7. The number of aryl methyl sites for hydroxylation is 1. The van der Waals surface area contributed by atoms with Crippen LogP contribution in [-0.4, -0.2) is 34.7 Å². The van der Waals surface area contributed by atoms with Crippen LogP contribution in [0.15, 0.2) is 42.5 Å². The van der Waals surface area contributed by atoms with Crippen molar-refractivity contribution in [2.24, 2.45) is 0 Å². The second-order valence-corrected chi connectivity index (χ2v) is 6.16. The first-order chi connectivity index (χ1) is 13.6. The van der Waals surface area contributed by atoms with Gasteiger partial charge in [0.25, 0.3) is 0 Å². The molecule has 0 aliphatic heterocycles. The number of nitrogens with zero attached hydrogens (tertiary/aromatic N) is 6. The maximum atomic E-state index is 14.3. The number of fused-ring (bicyclic) bond motifs is 2. The molecule has 9 nitrogen and oxygen atoms in total. The van der Waals surface area contributed by atoms with E-state index in [-0.39, 0.29) is 5.95 Å². The summed E-state index contributed by atoms with van der Waals surface area (Å²) in [5, 5.41) is 10.4. The highest BCUT2D eigenvalue weighted by atomic mass is 19.1. The van der Waals surface area contributed by atoms with Gasteiger partial charge in [-0.1, -0.05) is 18.2 Å². The molecule has 0 unspecified atom stereocenters. The van der Waals surface area contributed by atoms with E-state index in [1.807, 2.05) is 24.3 Å². The van der Waals surface area contributed by atoms with E-state index in [1.54, 1.807) is 23.6 Å². The summed E-state index contributed by atoms with van der Waals surface area (Å²) in [5.41, 5.74) is 7.85. The third-order valence-electron chi connectivity index (χ3n) is 4.28. The fourth-order valence-corrected chi connectivity index (χ4v) is 3.13. The van der Waals surface area contributed by atoms with Crippen molar-refractivity contribution < 1.29 is 4.39 Å². The number of nitrogens with two attached hydrogens (primary N) is 1. The number of imidazole rings is 1. The summed E-state index contributed by atoms with van der Waals surface area (Å²) >= 11 is 0. The van der Waals surface area contributed by atoms with Crippen molar-refractivity contribution in [3.05, 3.63) is 54.1 Å². The smallest absolute Gasteiger partial charge is 0.242 e. The Morgan fingerprint density at radius 3 is 2.75 bits per heavy atom. The Morgan fingerprint density at radius 1 is 1.04 bits per heavy atom. The molecule has 0 saturated carbocycles. The minimum absolute atomic E-state index is 0.0995. The zero-order chi connectivity index (χ0) is 19.3. The molecule has 0 atom stereocenters. The van der Waals surface area contributed by atoms with Gasteiger partial charge in [0.05, 0.1) is 21.9 Å². The second kappa shape index (κ2) is 5.98. The molecule has 138 valence electrons. The standard InChI is InChI=1S/C18H14FN9/c1-9-21-16(20)25-17(22-9)28-13-8-3-2-6-11(13)23-18(28)24-15-14-10(19)5-4-7-12(14)26-27-15/h2-8H,1H3,(H2,20,21,22,25)(H2,23,24,26,27). The number of hydrogen-bond donors (Lipinski definition) is 3. The van der Waals surface area contributed by atoms with E-state index in [2.05, 4.69) is 35.5 Å². The van der Waals surface area contributed by atoms with Crippen molar-refractivity contribution in [2.45, 2.75) is 6.92 Å². The van der Waals surface area contributed by atoms with Crippen LogP contribution < -0.4 is 11.1 Å². The van der Waals surface area contributed by atoms with Gasteiger partial charge in [0.15, 0.2) is 5.82 Å². The van der Waals surface area contributed by atoms with Crippen molar-refractivity contribution >= 4 is 39.7 Å². The van der Waals surface area contributed by atoms with Crippen LogP contribution in [0.4, 0.5) is 22.1 Å². The SMILES string of the molecule is Cc1nc(N)nc(-n2c(Nc3n[nH]c4cccc(F)c34)nc3ccccc32)n1. The van der Waals surface area contributed by atoms with Crippen LogP contribution in [0, 0.1) is 12.7 Å². The Balaban J connectivity index is 1.73. The summed E-state index contributed by atoms with van der Waals surface area (Å²) in [6.07, 6.45) is 0. The fraction of sp³-hybridized carbons (Fsp3) is 0.0556. The van der Waals surface area contributed by atoms with E-state index in [0.717, 1.165) is 5.52 Å². The maximum Gasteiger partial charge on any atom is 0.242 e. The predicted octanol–water partition coefficient (Wildman–Crippen LogP) is 2.86. The van der Waals surface area contributed by atoms with E-state index in [9.17, 15) is 4.39 Å². The predicted molar refractivity (Wildman–Crippen MR) is 103 cm³/mol. The number of rotatable bonds is 3. The first kappa shape index (κ1) is 16.1. The number of H-pyrrole nitrogens is 1. The van der Waals surface area contributed by atoms with Gasteiger partial charge in [-0.25, -0.2) is 13.9 Å². The number of para-hydroxylation sites is 2. The lowest BCUT2D eigenvalue weighted by Crippen LogP contribution is -2.10. The Kier molecular flexibility index (Phi) is 3.44. The van der Waals surface area contributed by atoms with E-state index >= 15 is 0 Å². The molecule has 4 N–H and O–H groups in total. The highest BCUT2D eigenvalue weighted by Gasteiger charge is 2.18. The number of nitrogen functional groups attached to an aromatic ring is 1. The van der Waals surface area contributed by atoms with Crippen LogP contribution in [0.25, 0.3) is 27.9 Å². The minimum atomic E-state index is -0.392. The van der Waals surface area contributed by atoms with Gasteiger partial charge < -0.3 is 11.1 Å². The van der Waals surface area contributed by atoms with Crippen LogP contribution in [0.5, 0.6) is 0 Å². The lowest BCUT2D eigenvalue weighted by Gasteiger charge is -2.09. The van der Waals surface area contributed by atoms with Crippen molar-refractivity contribution in [3.63, 3.8) is 0 Å². The van der Waals surface area contributed by atoms with Crippen molar-refractivity contribution in [1.82, 2.24) is 34.7 Å². The highest BCUT2D eigenvalue weighted by Crippen LogP contribution is 2.29. The van der Waals surface area contributed by atoms with Crippen LogP contribution in [0.3, 0.4) is 0 Å². The van der Waals surface area contributed by atoms with E-state index in [4.69, 9.17) is 5.73 Å². The summed E-state index contributed by atoms with van der Waals surface area (Å²) in [4.78, 5) is 17.2. The van der Waals surface area contributed by atoms with Gasteiger partial charge in [0.2, 0.25) is 17.8 Å². The molecule has 0 spiro atoms. The van der Waals surface area contributed by atoms with E-state index < -0.39 is 5.82 Å². The molecular weight excluding hydrogens is 361 g/mol. The molecule has 5 rings (SSSR count). The van der Waals surface area contributed by atoms with Crippen LogP contribution in [0.2, 0.25) is 0 Å². The third kappa shape index (κ3) is 2.50. The summed E-state index contributed by atoms with van der Waals surface area (Å²) in [5.74, 6) is 1.18. The molecular formula is C18H14FN9. The Labute approximate surface area is 157 Å². The van der Waals surface area contributed by atoms with Gasteiger partial charge in [-0.2, -0.15) is 20.1 Å². The third-order valence-corrected chi connectivity index (χ3v) is 4.28. The summed E-state index contributed by atoms with van der Waals surface area (Å²) < 4.78 is 16.0. The molecule has 0 aliphatic rings. The molecule has 3 aromatic heterocycles. The molecule has 0 bridgehead atoms. The summed E-state index contributed by atoms with van der Waals surface area (Å²) in [6.45, 7) is 1.73. The first-order valence-corrected chi connectivity index (χ1v) is 8.46. The number of aromatic amines is 1. The first-order valence-electron chi connectivity index (χ1n) is 8.46. The normalized spacial score (nSPS) is 11.4. The van der Waals surface area contributed by atoms with Crippen LogP contribution >= 0.6 is 0 Å². The van der Waals surface area contributed by atoms with Gasteiger partial charge in [0.1, 0.15) is 11.6 Å². The van der Waals surface area contributed by atoms with Gasteiger partial charge in [-0.05, 0) is 31.2 Å². The van der Waals surface area contributed by atoms with Gasteiger partial charge in [0, 0.05) is 0 Å². The maximum absolute atomic E-state index is 14.3. The molecule has 28 heavy (non-hydrogen) atoms. The van der Waals surface area contributed by atoms with Crippen LogP contribution in [-0.2, 0) is 0 Å². The molecule has 2 aromatic carbocycles. The number of anilines is 3. The molecule has 0 radical (unpaired) electrons. The molecule has 0 amide bonds. The number of halogens is 1. The number of benzene rings is 2. The minimum Gasteiger partial charge on any atom is -0.368 e. The van der Waals surface area contributed by atoms with Crippen molar-refractivity contribution in [2.75, 3.05) is 11.1 Å². The topological polar surface area (TPSA) is 123 Å². The molecule has 5 aromatic rings. The van der Waals surface area contributed by atoms with Gasteiger partial charge in [-0.3, -0.25) is 5.10 Å². The molecule has 0 saturated heterocycles. The van der Waals surface area contributed by atoms with Crippen LogP contribution in [0.1, 0.15) is 5.82 Å². The number of nitrogens with one attached hydrogen (secondary N) is 2. The molecule has 3 heterocycles.